The molecule has 1 aliphatic heterocycles. The van der Waals surface area contributed by atoms with Gasteiger partial charge in [0.2, 0.25) is 0 Å². The van der Waals surface area contributed by atoms with Gasteiger partial charge in [0.15, 0.2) is 5.69 Å². The molecule has 3 aromatic rings. The Morgan fingerprint density at radius 1 is 1.21 bits per heavy atom. The Kier molecular flexibility index (Phi) is 5.20. The Morgan fingerprint density at radius 3 is 2.76 bits per heavy atom. The second-order valence-corrected chi connectivity index (χ2v) is 6.92. The van der Waals surface area contributed by atoms with Gasteiger partial charge in [-0.05, 0) is 30.0 Å². The number of rotatable bonds is 5. The zero-order valence-electron chi connectivity index (χ0n) is 15.8. The number of para-hydroxylation sites is 1. The van der Waals surface area contributed by atoms with Gasteiger partial charge < -0.3 is 9.84 Å². The number of amides is 1. The third kappa shape index (κ3) is 3.94. The first-order chi connectivity index (χ1) is 14.2. The fraction of sp³-hybridized carbons (Fsp3) is 0.182. The second kappa shape index (κ2) is 8.10. The Morgan fingerprint density at radius 2 is 1.97 bits per heavy atom. The summed E-state index contributed by atoms with van der Waals surface area (Å²) in [7, 11) is 0. The van der Waals surface area contributed by atoms with E-state index in [1.54, 1.807) is 6.07 Å². The van der Waals surface area contributed by atoms with Gasteiger partial charge in [-0.3, -0.25) is 20.5 Å². The maximum absolute atomic E-state index is 12.7. The minimum absolute atomic E-state index is 0.159. The standard InChI is InChI=1S/C22H21N5O2/c23-14-27-20-9-5-4-8-16(20)10-11-18(21(27)24)25-22(28)19-13-17(29-26-19)12-15-6-2-1-3-7-15/h1-9,13-14,18,23-24H,10-12H2,(H,25,28)/t18-/m1/s1. The summed E-state index contributed by atoms with van der Waals surface area (Å²) in [6.07, 6.45) is 2.93. The van der Waals surface area contributed by atoms with E-state index in [9.17, 15) is 4.79 Å². The van der Waals surface area contributed by atoms with Crippen LogP contribution in [0.15, 0.2) is 65.2 Å². The molecule has 7 heteroatoms. The highest BCUT2D eigenvalue weighted by molar-refractivity contribution is 6.13. The predicted octanol–water partition coefficient (Wildman–Crippen LogP) is 3.40. The summed E-state index contributed by atoms with van der Waals surface area (Å²) in [5, 5.41) is 23.0. The van der Waals surface area contributed by atoms with E-state index >= 15 is 0 Å². The molecular weight excluding hydrogens is 366 g/mol. The Balaban J connectivity index is 1.47. The van der Waals surface area contributed by atoms with Crippen molar-refractivity contribution in [1.82, 2.24) is 10.5 Å². The first-order valence-electron chi connectivity index (χ1n) is 9.42. The molecule has 0 radical (unpaired) electrons. The van der Waals surface area contributed by atoms with Gasteiger partial charge >= 0.3 is 0 Å². The lowest BCUT2D eigenvalue weighted by Crippen LogP contribution is -2.47. The van der Waals surface area contributed by atoms with Crippen molar-refractivity contribution in [3.63, 3.8) is 0 Å². The van der Waals surface area contributed by atoms with Crippen LogP contribution in [0.2, 0.25) is 0 Å². The average molecular weight is 387 g/mol. The summed E-state index contributed by atoms with van der Waals surface area (Å²) in [6, 6.07) is 18.6. The van der Waals surface area contributed by atoms with Crippen LogP contribution in [-0.4, -0.2) is 29.3 Å². The van der Waals surface area contributed by atoms with Gasteiger partial charge in [-0.15, -0.1) is 0 Å². The molecule has 1 amide bonds. The van der Waals surface area contributed by atoms with Gasteiger partial charge in [0, 0.05) is 12.5 Å². The summed E-state index contributed by atoms with van der Waals surface area (Å²) in [4.78, 5) is 14.2. The van der Waals surface area contributed by atoms with E-state index in [2.05, 4.69) is 10.5 Å². The molecule has 7 nitrogen and oxygen atoms in total. The van der Waals surface area contributed by atoms with E-state index in [-0.39, 0.29) is 11.5 Å². The van der Waals surface area contributed by atoms with E-state index in [0.29, 0.717) is 25.0 Å². The maximum Gasteiger partial charge on any atom is 0.274 e. The van der Waals surface area contributed by atoms with E-state index in [1.165, 1.54) is 4.90 Å². The van der Waals surface area contributed by atoms with Crippen LogP contribution >= 0.6 is 0 Å². The number of hydrogen-bond donors (Lipinski definition) is 3. The van der Waals surface area contributed by atoms with Crippen LogP contribution in [0.4, 0.5) is 5.69 Å². The highest BCUT2D eigenvalue weighted by atomic mass is 16.5. The highest BCUT2D eigenvalue weighted by Gasteiger charge is 2.28. The number of fused-ring (bicyclic) bond motifs is 1. The van der Waals surface area contributed by atoms with Crippen molar-refractivity contribution < 1.29 is 9.32 Å². The van der Waals surface area contributed by atoms with Crippen molar-refractivity contribution in [2.24, 2.45) is 0 Å². The van der Waals surface area contributed by atoms with Gasteiger partial charge in [0.1, 0.15) is 11.6 Å². The number of nitrogens with one attached hydrogen (secondary N) is 3. The van der Waals surface area contributed by atoms with Crippen LogP contribution in [0.5, 0.6) is 0 Å². The van der Waals surface area contributed by atoms with Gasteiger partial charge in [-0.2, -0.15) is 0 Å². The lowest BCUT2D eigenvalue weighted by atomic mass is 10.1. The van der Waals surface area contributed by atoms with Gasteiger partial charge in [-0.1, -0.05) is 53.7 Å². The maximum atomic E-state index is 12.7. The van der Waals surface area contributed by atoms with E-state index in [4.69, 9.17) is 15.3 Å². The fourth-order valence-corrected chi connectivity index (χ4v) is 3.50. The average Bonchev–Trinajstić information content (AvgIpc) is 3.16. The number of amidine groups is 1. The van der Waals surface area contributed by atoms with Crippen LogP contribution in [-0.2, 0) is 12.8 Å². The number of nitrogens with zero attached hydrogens (tertiary/aromatic N) is 2. The Labute approximate surface area is 168 Å². The minimum Gasteiger partial charge on any atom is -0.360 e. The van der Waals surface area contributed by atoms with E-state index < -0.39 is 11.9 Å². The molecule has 0 fully saturated rings. The number of benzene rings is 2. The summed E-state index contributed by atoms with van der Waals surface area (Å²) in [5.74, 6) is 0.371. The number of carbonyl (C=O) groups excluding carboxylic acids is 1. The van der Waals surface area contributed by atoms with Crippen LogP contribution in [0.3, 0.4) is 0 Å². The number of anilines is 1. The minimum atomic E-state index is -0.522. The molecule has 0 bridgehead atoms. The van der Waals surface area contributed by atoms with Crippen LogP contribution in [0.25, 0.3) is 0 Å². The smallest absolute Gasteiger partial charge is 0.274 e. The number of aromatic nitrogens is 1. The van der Waals surface area contributed by atoms with E-state index in [0.717, 1.165) is 23.2 Å². The lowest BCUT2D eigenvalue weighted by molar-refractivity contribution is 0.0936. The van der Waals surface area contributed by atoms with Gasteiger partial charge in [-0.25, -0.2) is 0 Å². The Bertz CT molecular complexity index is 1040. The summed E-state index contributed by atoms with van der Waals surface area (Å²) in [5.41, 5.74) is 3.10. The third-order valence-electron chi connectivity index (χ3n) is 4.99. The first kappa shape index (κ1) is 18.6. The summed E-state index contributed by atoms with van der Waals surface area (Å²) in [6.45, 7) is 0. The molecule has 2 heterocycles. The third-order valence-corrected chi connectivity index (χ3v) is 4.99. The zero-order valence-corrected chi connectivity index (χ0v) is 15.8. The zero-order chi connectivity index (χ0) is 20.2. The van der Waals surface area contributed by atoms with Crippen molar-refractivity contribution in [2.45, 2.75) is 25.3 Å². The van der Waals surface area contributed by atoms with Crippen molar-refractivity contribution in [2.75, 3.05) is 4.90 Å². The Hall–Kier alpha value is -3.74. The van der Waals surface area contributed by atoms with Crippen LogP contribution in [0, 0.1) is 10.8 Å². The largest absolute Gasteiger partial charge is 0.360 e. The molecule has 0 spiro atoms. The topological polar surface area (TPSA) is 106 Å². The number of aryl methyl sites for hydroxylation is 1. The van der Waals surface area contributed by atoms with Crippen molar-refractivity contribution in [1.29, 1.82) is 10.8 Å². The monoisotopic (exact) mass is 387 g/mol. The first-order valence-corrected chi connectivity index (χ1v) is 9.42. The van der Waals surface area contributed by atoms with Crippen LogP contribution < -0.4 is 10.2 Å². The van der Waals surface area contributed by atoms with Crippen molar-refractivity contribution >= 4 is 23.8 Å². The quantitative estimate of drug-likeness (QED) is 0.461. The molecular formula is C22H21N5O2. The molecule has 1 atom stereocenters. The molecule has 0 saturated carbocycles. The van der Waals surface area contributed by atoms with Crippen molar-refractivity contribution in [3.05, 3.63) is 83.2 Å². The summed E-state index contributed by atoms with van der Waals surface area (Å²) >= 11 is 0. The predicted molar refractivity (Wildman–Crippen MR) is 111 cm³/mol. The summed E-state index contributed by atoms with van der Waals surface area (Å²) < 4.78 is 5.31. The lowest BCUT2D eigenvalue weighted by Gasteiger charge is -2.24. The van der Waals surface area contributed by atoms with Crippen LogP contribution in [0.1, 0.15) is 33.8 Å². The molecule has 4 rings (SSSR count). The molecule has 1 aliphatic rings. The van der Waals surface area contributed by atoms with E-state index in [1.807, 2.05) is 54.6 Å². The normalized spacial score (nSPS) is 16.1. The molecule has 2 aromatic carbocycles. The molecule has 0 aliphatic carbocycles. The SMILES string of the molecule is N=CN1C(=N)[C@H](NC(=O)c2cc(Cc3ccccc3)on2)CCc2ccccc21. The molecule has 1 aromatic heterocycles. The second-order valence-electron chi connectivity index (χ2n) is 6.92. The number of hydrogen-bond acceptors (Lipinski definition) is 5. The molecule has 29 heavy (non-hydrogen) atoms. The number of carbonyl (C=O) groups is 1. The fourth-order valence-electron chi connectivity index (χ4n) is 3.50. The molecule has 0 unspecified atom stereocenters. The van der Waals surface area contributed by atoms with Crippen molar-refractivity contribution in [3.8, 4) is 0 Å². The highest BCUT2D eigenvalue weighted by Crippen LogP contribution is 2.26. The van der Waals surface area contributed by atoms with Gasteiger partial charge in [0.05, 0.1) is 18.1 Å². The van der Waals surface area contributed by atoms with Gasteiger partial charge in [0.25, 0.3) is 5.91 Å². The molecule has 0 saturated heterocycles. The molecule has 146 valence electrons. The molecule has 3 N–H and O–H groups in total.